The molecular formula is C15H29N3S. The SMILES string of the molecule is CCN(CC)C(CC)(CC)C(Cc1cncs1)NC. The number of hydrogen-bond acceptors (Lipinski definition) is 4. The Morgan fingerprint density at radius 2 is 1.89 bits per heavy atom. The zero-order valence-corrected chi connectivity index (χ0v) is 13.9. The molecule has 0 spiro atoms. The first-order valence-electron chi connectivity index (χ1n) is 7.48. The smallest absolute Gasteiger partial charge is 0.0794 e. The van der Waals surface area contributed by atoms with Crippen molar-refractivity contribution in [2.24, 2.45) is 0 Å². The molecule has 0 aliphatic heterocycles. The second kappa shape index (κ2) is 7.98. The molecule has 0 aliphatic rings. The summed E-state index contributed by atoms with van der Waals surface area (Å²) >= 11 is 1.76. The van der Waals surface area contributed by atoms with Crippen molar-refractivity contribution >= 4 is 11.3 Å². The maximum absolute atomic E-state index is 4.21. The van der Waals surface area contributed by atoms with Gasteiger partial charge in [0.25, 0.3) is 0 Å². The van der Waals surface area contributed by atoms with Crippen LogP contribution >= 0.6 is 11.3 Å². The fourth-order valence-corrected chi connectivity index (χ4v) is 4.01. The summed E-state index contributed by atoms with van der Waals surface area (Å²) in [5.74, 6) is 0. The fraction of sp³-hybridized carbons (Fsp3) is 0.800. The average Bonchev–Trinajstić information content (AvgIpc) is 2.95. The van der Waals surface area contributed by atoms with Crippen LogP contribution in [0.4, 0.5) is 0 Å². The lowest BCUT2D eigenvalue weighted by Crippen LogP contribution is -2.61. The molecule has 1 N–H and O–H groups in total. The number of nitrogens with one attached hydrogen (secondary N) is 1. The highest BCUT2D eigenvalue weighted by Crippen LogP contribution is 2.30. The van der Waals surface area contributed by atoms with Gasteiger partial charge in [0.15, 0.2) is 0 Å². The van der Waals surface area contributed by atoms with Gasteiger partial charge in [-0.1, -0.05) is 27.7 Å². The van der Waals surface area contributed by atoms with E-state index in [2.05, 4.69) is 49.9 Å². The van der Waals surface area contributed by atoms with Gasteiger partial charge in [-0.3, -0.25) is 9.88 Å². The normalized spacial score (nSPS) is 14.0. The van der Waals surface area contributed by atoms with Crippen LogP contribution in [0.1, 0.15) is 45.4 Å². The van der Waals surface area contributed by atoms with Gasteiger partial charge in [0, 0.05) is 29.1 Å². The summed E-state index contributed by atoms with van der Waals surface area (Å²) in [7, 11) is 2.09. The van der Waals surface area contributed by atoms with Crippen molar-refractivity contribution in [1.29, 1.82) is 0 Å². The molecule has 0 aliphatic carbocycles. The van der Waals surface area contributed by atoms with Gasteiger partial charge in [-0.25, -0.2) is 0 Å². The maximum atomic E-state index is 4.21. The number of aromatic nitrogens is 1. The summed E-state index contributed by atoms with van der Waals surface area (Å²) in [5.41, 5.74) is 2.17. The van der Waals surface area contributed by atoms with E-state index >= 15 is 0 Å². The van der Waals surface area contributed by atoms with Crippen LogP contribution in [0.3, 0.4) is 0 Å². The van der Waals surface area contributed by atoms with Crippen LogP contribution in [0.25, 0.3) is 0 Å². The number of nitrogens with zero attached hydrogens (tertiary/aromatic N) is 2. The number of thiazole rings is 1. The van der Waals surface area contributed by atoms with Crippen LogP contribution in [0, 0.1) is 0 Å². The Bertz CT molecular complexity index is 329. The van der Waals surface area contributed by atoms with E-state index in [9.17, 15) is 0 Å². The van der Waals surface area contributed by atoms with Gasteiger partial charge >= 0.3 is 0 Å². The largest absolute Gasteiger partial charge is 0.315 e. The minimum Gasteiger partial charge on any atom is -0.315 e. The molecule has 1 rings (SSSR count). The lowest BCUT2D eigenvalue weighted by molar-refractivity contribution is 0.0522. The van der Waals surface area contributed by atoms with Gasteiger partial charge in [-0.15, -0.1) is 11.3 Å². The molecule has 0 saturated heterocycles. The predicted octanol–water partition coefficient (Wildman–Crippen LogP) is 3.17. The topological polar surface area (TPSA) is 28.2 Å². The molecule has 1 heterocycles. The number of likely N-dealkylation sites (N-methyl/N-ethyl adjacent to an activating group) is 2. The van der Waals surface area contributed by atoms with E-state index in [1.165, 1.54) is 17.7 Å². The van der Waals surface area contributed by atoms with Gasteiger partial charge in [0.05, 0.1) is 5.51 Å². The molecule has 1 atom stereocenters. The van der Waals surface area contributed by atoms with Crippen molar-refractivity contribution in [3.8, 4) is 0 Å². The summed E-state index contributed by atoms with van der Waals surface area (Å²) in [4.78, 5) is 8.20. The van der Waals surface area contributed by atoms with Crippen molar-refractivity contribution in [3.63, 3.8) is 0 Å². The van der Waals surface area contributed by atoms with Gasteiger partial charge in [-0.05, 0) is 33.0 Å². The van der Waals surface area contributed by atoms with E-state index in [1.54, 1.807) is 11.3 Å². The third-order valence-corrected chi connectivity index (χ3v) is 5.31. The Kier molecular flexibility index (Phi) is 6.97. The molecule has 0 radical (unpaired) electrons. The number of hydrogen-bond donors (Lipinski definition) is 1. The summed E-state index contributed by atoms with van der Waals surface area (Å²) in [6, 6.07) is 0.475. The van der Waals surface area contributed by atoms with Crippen molar-refractivity contribution in [2.45, 2.75) is 58.5 Å². The molecule has 1 aromatic rings. The Labute approximate surface area is 122 Å². The molecule has 0 fully saturated rings. The summed E-state index contributed by atoms with van der Waals surface area (Å²) in [5, 5.41) is 3.57. The van der Waals surface area contributed by atoms with Crippen LogP contribution in [-0.2, 0) is 6.42 Å². The second-order valence-corrected chi connectivity index (χ2v) is 5.97. The minimum absolute atomic E-state index is 0.238. The third kappa shape index (κ3) is 3.56. The minimum atomic E-state index is 0.238. The third-order valence-electron chi connectivity index (χ3n) is 4.50. The van der Waals surface area contributed by atoms with Crippen molar-refractivity contribution < 1.29 is 0 Å². The highest BCUT2D eigenvalue weighted by molar-refractivity contribution is 7.09. The van der Waals surface area contributed by atoms with Crippen LogP contribution in [0.2, 0.25) is 0 Å². The van der Waals surface area contributed by atoms with E-state index in [-0.39, 0.29) is 5.54 Å². The van der Waals surface area contributed by atoms with E-state index in [1.807, 2.05) is 11.7 Å². The molecule has 0 bridgehead atoms. The lowest BCUT2D eigenvalue weighted by atomic mass is 9.80. The molecule has 3 nitrogen and oxygen atoms in total. The molecule has 4 heteroatoms. The van der Waals surface area contributed by atoms with Gasteiger partial charge in [-0.2, -0.15) is 0 Å². The Morgan fingerprint density at radius 1 is 1.26 bits per heavy atom. The fourth-order valence-electron chi connectivity index (χ4n) is 3.37. The van der Waals surface area contributed by atoms with Gasteiger partial charge in [0.2, 0.25) is 0 Å². The van der Waals surface area contributed by atoms with Gasteiger partial charge in [0.1, 0.15) is 0 Å². The predicted molar refractivity (Wildman–Crippen MR) is 84.9 cm³/mol. The monoisotopic (exact) mass is 283 g/mol. The highest BCUT2D eigenvalue weighted by atomic mass is 32.1. The maximum Gasteiger partial charge on any atom is 0.0794 e. The first-order valence-corrected chi connectivity index (χ1v) is 8.36. The standard InChI is InChI=1S/C15H29N3S/c1-6-15(7-2,18(8-3)9-4)14(16-5)10-13-11-17-12-19-13/h11-12,14,16H,6-10H2,1-5H3. The zero-order valence-electron chi connectivity index (χ0n) is 13.1. The van der Waals surface area contributed by atoms with Crippen LogP contribution < -0.4 is 5.32 Å². The Hall–Kier alpha value is -0.450. The van der Waals surface area contributed by atoms with Gasteiger partial charge < -0.3 is 5.32 Å². The summed E-state index contributed by atoms with van der Waals surface area (Å²) < 4.78 is 0. The quantitative estimate of drug-likeness (QED) is 0.754. The van der Waals surface area contributed by atoms with E-state index in [0.717, 1.165) is 19.5 Å². The second-order valence-electron chi connectivity index (χ2n) is 5.00. The molecule has 1 aromatic heterocycles. The van der Waals surface area contributed by atoms with E-state index < -0.39 is 0 Å². The molecule has 19 heavy (non-hydrogen) atoms. The average molecular weight is 283 g/mol. The van der Waals surface area contributed by atoms with Crippen LogP contribution in [-0.4, -0.2) is 41.6 Å². The Balaban J connectivity index is 2.98. The first-order chi connectivity index (χ1) is 9.18. The van der Waals surface area contributed by atoms with E-state index in [0.29, 0.717) is 6.04 Å². The van der Waals surface area contributed by atoms with Crippen molar-refractivity contribution in [1.82, 2.24) is 15.2 Å². The molecule has 0 saturated carbocycles. The lowest BCUT2D eigenvalue weighted by Gasteiger charge is -2.48. The van der Waals surface area contributed by atoms with Crippen LogP contribution in [0.5, 0.6) is 0 Å². The molecular weight excluding hydrogens is 254 g/mol. The molecule has 0 amide bonds. The summed E-state index contributed by atoms with van der Waals surface area (Å²) in [6.07, 6.45) is 5.43. The zero-order chi connectivity index (χ0) is 14.3. The van der Waals surface area contributed by atoms with Crippen molar-refractivity contribution in [3.05, 3.63) is 16.6 Å². The van der Waals surface area contributed by atoms with E-state index in [4.69, 9.17) is 0 Å². The first kappa shape index (κ1) is 16.6. The van der Waals surface area contributed by atoms with Crippen LogP contribution in [0.15, 0.2) is 11.7 Å². The number of rotatable bonds is 9. The highest BCUT2D eigenvalue weighted by Gasteiger charge is 2.39. The van der Waals surface area contributed by atoms with Crippen molar-refractivity contribution in [2.75, 3.05) is 20.1 Å². The molecule has 1 unspecified atom stereocenters. The molecule has 110 valence electrons. The molecule has 0 aromatic carbocycles. The summed E-state index contributed by atoms with van der Waals surface area (Å²) in [6.45, 7) is 11.4. The Morgan fingerprint density at radius 3 is 2.26 bits per heavy atom.